The van der Waals surface area contributed by atoms with Crippen molar-refractivity contribution in [2.24, 2.45) is 0 Å². The fourth-order valence-electron chi connectivity index (χ4n) is 1.58. The molecule has 0 fully saturated rings. The van der Waals surface area contributed by atoms with Crippen LogP contribution in [0.1, 0.15) is 6.92 Å². The van der Waals surface area contributed by atoms with E-state index < -0.39 is 0 Å². The predicted molar refractivity (Wildman–Crippen MR) is 90.4 cm³/mol. The van der Waals surface area contributed by atoms with Gasteiger partial charge in [0.25, 0.3) is 0 Å². The van der Waals surface area contributed by atoms with Crippen LogP contribution in [-0.2, 0) is 0 Å². The molecule has 0 bridgehead atoms. The van der Waals surface area contributed by atoms with Gasteiger partial charge < -0.3 is 10.6 Å². The average Bonchev–Trinajstić information content (AvgIpc) is 2.42. The normalized spacial score (nSPS) is 10.4. The molecule has 0 radical (unpaired) electrons. The SMILES string of the molecule is CCNc1cc(Nc2ccc(F)cc2I)nc(SC)n1. The molecule has 0 aliphatic rings. The zero-order valence-electron chi connectivity index (χ0n) is 11.1. The molecule has 0 atom stereocenters. The third-order valence-electron chi connectivity index (χ3n) is 2.44. The maximum atomic E-state index is 13.1. The lowest BCUT2D eigenvalue weighted by atomic mass is 10.3. The van der Waals surface area contributed by atoms with E-state index in [1.165, 1.54) is 23.9 Å². The Morgan fingerprint density at radius 3 is 2.65 bits per heavy atom. The largest absolute Gasteiger partial charge is 0.370 e. The molecule has 7 heteroatoms. The van der Waals surface area contributed by atoms with Crippen LogP contribution < -0.4 is 10.6 Å². The number of benzene rings is 1. The van der Waals surface area contributed by atoms with Crippen LogP contribution in [0.15, 0.2) is 29.4 Å². The van der Waals surface area contributed by atoms with Crippen molar-refractivity contribution in [1.82, 2.24) is 9.97 Å². The van der Waals surface area contributed by atoms with Gasteiger partial charge in [0, 0.05) is 16.2 Å². The molecule has 1 aromatic heterocycles. The lowest BCUT2D eigenvalue weighted by Crippen LogP contribution is -2.04. The number of rotatable bonds is 5. The van der Waals surface area contributed by atoms with Crippen molar-refractivity contribution < 1.29 is 4.39 Å². The molecule has 20 heavy (non-hydrogen) atoms. The number of aromatic nitrogens is 2. The second-order valence-corrected chi connectivity index (χ2v) is 5.84. The minimum Gasteiger partial charge on any atom is -0.370 e. The molecule has 0 spiro atoms. The van der Waals surface area contributed by atoms with Crippen LogP contribution in [0.3, 0.4) is 0 Å². The Bertz CT molecular complexity index is 609. The highest BCUT2D eigenvalue weighted by Gasteiger charge is 2.06. The summed E-state index contributed by atoms with van der Waals surface area (Å²) >= 11 is 3.57. The molecule has 0 saturated heterocycles. The van der Waals surface area contributed by atoms with E-state index in [0.717, 1.165) is 21.6 Å². The summed E-state index contributed by atoms with van der Waals surface area (Å²) < 4.78 is 13.9. The molecule has 106 valence electrons. The number of anilines is 3. The van der Waals surface area contributed by atoms with E-state index in [-0.39, 0.29) is 5.82 Å². The Labute approximate surface area is 135 Å². The monoisotopic (exact) mass is 404 g/mol. The zero-order valence-corrected chi connectivity index (χ0v) is 14.0. The highest BCUT2D eigenvalue weighted by atomic mass is 127. The predicted octanol–water partition coefficient (Wildman–Crippen LogP) is 4.12. The molecule has 0 amide bonds. The molecule has 0 aliphatic heterocycles. The van der Waals surface area contributed by atoms with Crippen LogP contribution >= 0.6 is 34.4 Å². The molecule has 0 aliphatic carbocycles. The minimum absolute atomic E-state index is 0.249. The Morgan fingerprint density at radius 1 is 1.25 bits per heavy atom. The van der Waals surface area contributed by atoms with Gasteiger partial charge in [-0.1, -0.05) is 11.8 Å². The van der Waals surface area contributed by atoms with Gasteiger partial charge in [-0.3, -0.25) is 0 Å². The van der Waals surface area contributed by atoms with Gasteiger partial charge in [-0.2, -0.15) is 0 Å². The number of nitrogens with one attached hydrogen (secondary N) is 2. The zero-order chi connectivity index (χ0) is 14.5. The maximum absolute atomic E-state index is 13.1. The van der Waals surface area contributed by atoms with Crippen molar-refractivity contribution in [3.8, 4) is 0 Å². The highest BCUT2D eigenvalue weighted by Crippen LogP contribution is 2.25. The van der Waals surface area contributed by atoms with Crippen molar-refractivity contribution in [2.45, 2.75) is 12.1 Å². The molecule has 0 saturated carbocycles. The van der Waals surface area contributed by atoms with Gasteiger partial charge in [0.1, 0.15) is 17.5 Å². The van der Waals surface area contributed by atoms with Crippen LogP contribution in [0.4, 0.5) is 21.7 Å². The Morgan fingerprint density at radius 2 is 2.00 bits per heavy atom. The minimum atomic E-state index is -0.249. The van der Waals surface area contributed by atoms with Crippen molar-refractivity contribution in [1.29, 1.82) is 0 Å². The van der Waals surface area contributed by atoms with Crippen LogP contribution in [-0.4, -0.2) is 22.8 Å². The van der Waals surface area contributed by atoms with Gasteiger partial charge in [0.2, 0.25) is 0 Å². The Balaban J connectivity index is 2.29. The molecule has 1 aromatic carbocycles. The van der Waals surface area contributed by atoms with Crippen molar-refractivity contribution >= 4 is 51.7 Å². The third kappa shape index (κ3) is 3.95. The molecular formula is C13H14FIN4S. The van der Waals surface area contributed by atoms with E-state index in [0.29, 0.717) is 11.0 Å². The molecular weight excluding hydrogens is 390 g/mol. The van der Waals surface area contributed by atoms with Crippen molar-refractivity contribution in [2.75, 3.05) is 23.4 Å². The van der Waals surface area contributed by atoms with Gasteiger partial charge in [-0.15, -0.1) is 0 Å². The summed E-state index contributed by atoms with van der Waals surface area (Å²) in [6.07, 6.45) is 1.93. The molecule has 4 nitrogen and oxygen atoms in total. The lowest BCUT2D eigenvalue weighted by Gasteiger charge is -2.11. The number of halogens is 2. The van der Waals surface area contributed by atoms with Crippen LogP contribution in [0.5, 0.6) is 0 Å². The number of hydrogen-bond donors (Lipinski definition) is 2. The quantitative estimate of drug-likeness (QED) is 0.446. The van der Waals surface area contributed by atoms with Crippen LogP contribution in [0.2, 0.25) is 0 Å². The first-order valence-electron chi connectivity index (χ1n) is 6.01. The average molecular weight is 404 g/mol. The van der Waals surface area contributed by atoms with Gasteiger partial charge in [0.15, 0.2) is 5.16 Å². The first-order valence-corrected chi connectivity index (χ1v) is 8.31. The smallest absolute Gasteiger partial charge is 0.191 e. The van der Waals surface area contributed by atoms with E-state index >= 15 is 0 Å². The summed E-state index contributed by atoms with van der Waals surface area (Å²) in [5.74, 6) is 1.21. The van der Waals surface area contributed by atoms with Gasteiger partial charge in [0.05, 0.1) is 5.69 Å². The summed E-state index contributed by atoms with van der Waals surface area (Å²) in [6.45, 7) is 2.80. The molecule has 2 N–H and O–H groups in total. The third-order valence-corrected chi connectivity index (χ3v) is 3.88. The van der Waals surface area contributed by atoms with Gasteiger partial charge in [-0.05, 0) is 54.0 Å². The Kier molecular flexibility index (Phi) is 5.41. The topological polar surface area (TPSA) is 49.8 Å². The van der Waals surface area contributed by atoms with Crippen molar-refractivity contribution in [3.05, 3.63) is 33.7 Å². The van der Waals surface area contributed by atoms with E-state index in [4.69, 9.17) is 0 Å². The van der Waals surface area contributed by atoms with Crippen molar-refractivity contribution in [3.63, 3.8) is 0 Å². The number of nitrogens with zero attached hydrogens (tertiary/aromatic N) is 2. The van der Waals surface area contributed by atoms with E-state index in [1.807, 2.05) is 19.2 Å². The van der Waals surface area contributed by atoms with Crippen LogP contribution in [0.25, 0.3) is 0 Å². The first-order chi connectivity index (χ1) is 9.62. The van der Waals surface area contributed by atoms with E-state index in [2.05, 4.69) is 43.2 Å². The lowest BCUT2D eigenvalue weighted by molar-refractivity contribution is 0.627. The maximum Gasteiger partial charge on any atom is 0.191 e. The molecule has 2 aromatic rings. The highest BCUT2D eigenvalue weighted by molar-refractivity contribution is 14.1. The second kappa shape index (κ2) is 7.07. The number of hydrogen-bond acceptors (Lipinski definition) is 5. The second-order valence-electron chi connectivity index (χ2n) is 3.90. The molecule has 1 heterocycles. The summed E-state index contributed by atoms with van der Waals surface area (Å²) in [7, 11) is 0. The summed E-state index contributed by atoms with van der Waals surface area (Å²) in [4.78, 5) is 8.76. The summed E-state index contributed by atoms with van der Waals surface area (Å²) in [5.41, 5.74) is 0.820. The molecule has 0 unspecified atom stereocenters. The van der Waals surface area contributed by atoms with E-state index in [9.17, 15) is 4.39 Å². The molecule has 2 rings (SSSR count). The van der Waals surface area contributed by atoms with Gasteiger partial charge >= 0.3 is 0 Å². The van der Waals surface area contributed by atoms with Crippen LogP contribution in [0, 0.1) is 9.39 Å². The first kappa shape index (κ1) is 15.3. The number of thioether (sulfide) groups is 1. The fourth-order valence-corrected chi connectivity index (χ4v) is 2.57. The van der Waals surface area contributed by atoms with E-state index in [1.54, 1.807) is 6.07 Å². The van der Waals surface area contributed by atoms with Gasteiger partial charge in [-0.25, -0.2) is 14.4 Å². The summed E-state index contributed by atoms with van der Waals surface area (Å²) in [6, 6.07) is 6.44. The standard InChI is InChI=1S/C13H14FIN4S/c1-3-16-11-7-12(19-13(18-11)20-2)17-10-5-4-8(14)6-9(10)15/h4-7H,3H2,1-2H3,(H2,16,17,18,19). The Hall–Kier alpha value is -1.09. The summed E-state index contributed by atoms with van der Waals surface area (Å²) in [5, 5.41) is 7.04. The fraction of sp³-hybridized carbons (Fsp3) is 0.231.